The number of nitrogens with zero attached hydrogens (tertiary/aromatic N) is 3. The summed E-state index contributed by atoms with van der Waals surface area (Å²) in [6.45, 7) is 1.76. The molecule has 2 aromatic carbocycles. The Morgan fingerprint density at radius 3 is 2.74 bits per heavy atom. The molecule has 1 unspecified atom stereocenters. The summed E-state index contributed by atoms with van der Waals surface area (Å²) in [6, 6.07) is 12.1. The summed E-state index contributed by atoms with van der Waals surface area (Å²) in [4.78, 5) is 20.0. The molecule has 0 fully saturated rings. The SMILES string of the molecule is CN(C)CC1CCc2nc3cc(-c4cccc(F)c4)ccc3c(=O)n2CC1. The van der Waals surface area contributed by atoms with Crippen molar-refractivity contribution in [3.8, 4) is 11.1 Å². The number of fused-ring (bicyclic) bond motifs is 2. The van der Waals surface area contributed by atoms with Crippen molar-refractivity contribution in [3.63, 3.8) is 0 Å². The highest BCUT2D eigenvalue weighted by Gasteiger charge is 2.20. The Morgan fingerprint density at radius 1 is 1.15 bits per heavy atom. The van der Waals surface area contributed by atoms with Gasteiger partial charge in [0.15, 0.2) is 0 Å². The Labute approximate surface area is 158 Å². The topological polar surface area (TPSA) is 38.1 Å². The van der Waals surface area contributed by atoms with E-state index in [9.17, 15) is 9.18 Å². The highest BCUT2D eigenvalue weighted by atomic mass is 19.1. The Morgan fingerprint density at radius 2 is 1.96 bits per heavy atom. The first-order valence-electron chi connectivity index (χ1n) is 9.45. The van der Waals surface area contributed by atoms with Crippen molar-refractivity contribution in [2.45, 2.75) is 25.8 Å². The van der Waals surface area contributed by atoms with Gasteiger partial charge in [-0.05, 0) is 68.2 Å². The third kappa shape index (κ3) is 3.65. The van der Waals surface area contributed by atoms with Gasteiger partial charge in [0.25, 0.3) is 5.56 Å². The summed E-state index contributed by atoms with van der Waals surface area (Å²) < 4.78 is 15.4. The first-order chi connectivity index (χ1) is 13.0. The van der Waals surface area contributed by atoms with Crippen LogP contribution < -0.4 is 5.56 Å². The van der Waals surface area contributed by atoms with Crippen LogP contribution in [0.5, 0.6) is 0 Å². The zero-order chi connectivity index (χ0) is 19.0. The van der Waals surface area contributed by atoms with E-state index < -0.39 is 0 Å². The van der Waals surface area contributed by atoms with Crippen LogP contribution in [0.4, 0.5) is 4.39 Å². The van der Waals surface area contributed by atoms with Gasteiger partial charge in [-0.25, -0.2) is 9.37 Å². The van der Waals surface area contributed by atoms with E-state index in [1.54, 1.807) is 6.07 Å². The zero-order valence-electron chi connectivity index (χ0n) is 15.8. The molecule has 0 N–H and O–H groups in total. The van der Waals surface area contributed by atoms with Crippen LogP contribution >= 0.6 is 0 Å². The number of hydrogen-bond donors (Lipinski definition) is 0. The van der Waals surface area contributed by atoms with Crippen LogP contribution in [-0.2, 0) is 13.0 Å². The summed E-state index contributed by atoms with van der Waals surface area (Å²) >= 11 is 0. The molecule has 0 amide bonds. The van der Waals surface area contributed by atoms with Crippen LogP contribution in [0, 0.1) is 11.7 Å². The van der Waals surface area contributed by atoms with Gasteiger partial charge < -0.3 is 4.90 Å². The molecule has 0 aliphatic carbocycles. The van der Waals surface area contributed by atoms with Gasteiger partial charge in [-0.2, -0.15) is 0 Å². The van der Waals surface area contributed by atoms with E-state index in [2.05, 4.69) is 19.0 Å². The normalized spacial score (nSPS) is 17.1. The van der Waals surface area contributed by atoms with Crippen molar-refractivity contribution in [1.29, 1.82) is 0 Å². The molecular formula is C22H24FN3O. The first kappa shape index (κ1) is 17.9. The molecule has 0 radical (unpaired) electrons. The molecule has 1 atom stereocenters. The minimum atomic E-state index is -0.269. The second-order valence-electron chi connectivity index (χ2n) is 7.68. The molecule has 27 heavy (non-hydrogen) atoms. The van der Waals surface area contributed by atoms with Crippen LogP contribution in [0.3, 0.4) is 0 Å². The van der Waals surface area contributed by atoms with Crippen molar-refractivity contribution in [3.05, 3.63) is 64.5 Å². The molecular weight excluding hydrogens is 341 g/mol. The number of halogens is 1. The molecule has 0 spiro atoms. The van der Waals surface area contributed by atoms with Crippen molar-refractivity contribution in [2.75, 3.05) is 20.6 Å². The minimum Gasteiger partial charge on any atom is -0.309 e. The van der Waals surface area contributed by atoms with Gasteiger partial charge in [0.05, 0.1) is 10.9 Å². The fraction of sp³-hybridized carbons (Fsp3) is 0.364. The lowest BCUT2D eigenvalue weighted by Gasteiger charge is -2.18. The second kappa shape index (κ2) is 7.24. The maximum absolute atomic E-state index is 13.6. The van der Waals surface area contributed by atoms with E-state index in [1.165, 1.54) is 12.1 Å². The Kier molecular flexibility index (Phi) is 4.79. The molecule has 0 saturated carbocycles. The molecule has 1 aliphatic heterocycles. The summed E-state index contributed by atoms with van der Waals surface area (Å²) in [6.07, 6.45) is 2.85. The van der Waals surface area contributed by atoms with Gasteiger partial charge in [-0.3, -0.25) is 9.36 Å². The molecule has 140 valence electrons. The molecule has 3 aromatic rings. The first-order valence-corrected chi connectivity index (χ1v) is 9.45. The smallest absolute Gasteiger partial charge is 0.261 e. The molecule has 4 rings (SSSR count). The average Bonchev–Trinajstić information content (AvgIpc) is 2.84. The van der Waals surface area contributed by atoms with Gasteiger partial charge in [0, 0.05) is 19.5 Å². The number of aryl methyl sites for hydroxylation is 1. The molecule has 1 aliphatic rings. The lowest BCUT2D eigenvalue weighted by atomic mass is 10.00. The van der Waals surface area contributed by atoms with Crippen molar-refractivity contribution in [1.82, 2.24) is 14.5 Å². The van der Waals surface area contributed by atoms with Crippen LogP contribution in [0.2, 0.25) is 0 Å². The van der Waals surface area contributed by atoms with Gasteiger partial charge >= 0.3 is 0 Å². The Balaban J connectivity index is 1.74. The number of aromatic nitrogens is 2. The molecule has 0 saturated heterocycles. The average molecular weight is 365 g/mol. The fourth-order valence-electron chi connectivity index (χ4n) is 4.02. The number of rotatable bonds is 3. The standard InChI is InChI=1S/C22H24FN3O/c1-25(2)14-15-6-9-21-24-20-13-17(16-4-3-5-18(23)12-16)7-8-19(20)22(27)26(21)11-10-15/h3-5,7-8,12-13,15H,6,9-11,14H2,1-2H3. The zero-order valence-corrected chi connectivity index (χ0v) is 15.8. The van der Waals surface area contributed by atoms with Gasteiger partial charge in [-0.1, -0.05) is 18.2 Å². The van der Waals surface area contributed by atoms with Gasteiger partial charge in [0.2, 0.25) is 0 Å². The minimum absolute atomic E-state index is 0.0336. The second-order valence-corrected chi connectivity index (χ2v) is 7.68. The predicted molar refractivity (Wildman–Crippen MR) is 106 cm³/mol. The van der Waals surface area contributed by atoms with E-state index in [0.29, 0.717) is 16.8 Å². The molecule has 5 heteroatoms. The maximum atomic E-state index is 13.6. The predicted octanol–water partition coefficient (Wildman–Crippen LogP) is 3.72. The molecule has 2 heterocycles. The van der Waals surface area contributed by atoms with Crippen LogP contribution in [-0.4, -0.2) is 35.1 Å². The molecule has 0 bridgehead atoms. The monoisotopic (exact) mass is 365 g/mol. The summed E-state index contributed by atoms with van der Waals surface area (Å²) in [5.74, 6) is 1.17. The van der Waals surface area contributed by atoms with E-state index in [-0.39, 0.29) is 11.4 Å². The summed E-state index contributed by atoms with van der Waals surface area (Å²) in [5, 5.41) is 0.630. The Hall–Kier alpha value is -2.53. The number of hydrogen-bond acceptors (Lipinski definition) is 3. The summed E-state index contributed by atoms with van der Waals surface area (Å²) in [7, 11) is 4.18. The molecule has 4 nitrogen and oxygen atoms in total. The quantitative estimate of drug-likeness (QED) is 0.710. The third-order valence-corrected chi connectivity index (χ3v) is 5.35. The van der Waals surface area contributed by atoms with E-state index >= 15 is 0 Å². The van der Waals surface area contributed by atoms with Crippen molar-refractivity contribution < 1.29 is 4.39 Å². The highest BCUT2D eigenvalue weighted by Crippen LogP contribution is 2.25. The number of benzene rings is 2. The van der Waals surface area contributed by atoms with Gasteiger partial charge in [-0.15, -0.1) is 0 Å². The fourth-order valence-corrected chi connectivity index (χ4v) is 4.02. The third-order valence-electron chi connectivity index (χ3n) is 5.35. The Bertz CT molecular complexity index is 1040. The van der Waals surface area contributed by atoms with E-state index in [4.69, 9.17) is 4.98 Å². The van der Waals surface area contributed by atoms with Crippen LogP contribution in [0.15, 0.2) is 47.3 Å². The van der Waals surface area contributed by atoms with Crippen molar-refractivity contribution >= 4 is 10.9 Å². The lowest BCUT2D eigenvalue weighted by molar-refractivity contribution is 0.299. The summed E-state index contributed by atoms with van der Waals surface area (Å²) in [5.41, 5.74) is 2.39. The van der Waals surface area contributed by atoms with Crippen molar-refractivity contribution in [2.24, 2.45) is 5.92 Å². The maximum Gasteiger partial charge on any atom is 0.261 e. The van der Waals surface area contributed by atoms with E-state index in [1.807, 2.05) is 28.8 Å². The van der Waals surface area contributed by atoms with Crippen LogP contribution in [0.25, 0.3) is 22.0 Å². The lowest BCUT2D eigenvalue weighted by Crippen LogP contribution is -2.25. The van der Waals surface area contributed by atoms with Crippen LogP contribution in [0.1, 0.15) is 18.7 Å². The van der Waals surface area contributed by atoms with Gasteiger partial charge in [0.1, 0.15) is 11.6 Å². The highest BCUT2D eigenvalue weighted by molar-refractivity contribution is 5.83. The van der Waals surface area contributed by atoms with E-state index in [0.717, 1.165) is 49.3 Å². The largest absolute Gasteiger partial charge is 0.309 e. The molecule has 1 aromatic heterocycles.